The fourth-order valence-electron chi connectivity index (χ4n) is 1.39. The summed E-state index contributed by atoms with van der Waals surface area (Å²) in [6.07, 6.45) is 2.53. The molecule has 0 aliphatic heterocycles. The summed E-state index contributed by atoms with van der Waals surface area (Å²) >= 11 is 0. The number of nitrogens with one attached hydrogen (secondary N) is 1. The first-order valence-electron chi connectivity index (χ1n) is 5.43. The van der Waals surface area contributed by atoms with Crippen molar-refractivity contribution in [3.63, 3.8) is 0 Å². The highest BCUT2D eigenvalue weighted by Gasteiger charge is 2.05. The molecule has 0 aromatic heterocycles. The van der Waals surface area contributed by atoms with Crippen LogP contribution in [0.2, 0.25) is 0 Å². The normalized spacial score (nSPS) is 11.2. The van der Waals surface area contributed by atoms with Crippen molar-refractivity contribution in [3.05, 3.63) is 24.3 Å². The van der Waals surface area contributed by atoms with Gasteiger partial charge >= 0.3 is 0 Å². The van der Waals surface area contributed by atoms with E-state index in [0.717, 1.165) is 12.1 Å². The van der Waals surface area contributed by atoms with E-state index in [1.807, 2.05) is 0 Å². The predicted octanol–water partition coefficient (Wildman–Crippen LogP) is 1.87. The monoisotopic (exact) mass is 255 g/mol. The number of hydrogen-bond acceptors (Lipinski definition) is 4. The summed E-state index contributed by atoms with van der Waals surface area (Å²) in [5.74, 6) is 0.180. The summed E-state index contributed by atoms with van der Waals surface area (Å²) in [5.41, 5.74) is 0.862. The highest BCUT2D eigenvalue weighted by atomic mass is 32.2. The summed E-state index contributed by atoms with van der Waals surface area (Å²) in [5, 5.41) is 3.13. The number of sulfone groups is 1. The van der Waals surface area contributed by atoms with Gasteiger partial charge in [0.05, 0.1) is 4.90 Å². The summed E-state index contributed by atoms with van der Waals surface area (Å²) < 4.78 is 22.4. The number of Topliss-reactive ketones (excluding diaryl/α,β-unsaturated/α-hetero) is 1. The molecular weight excluding hydrogens is 238 g/mol. The molecule has 0 bridgehead atoms. The minimum Gasteiger partial charge on any atom is -0.385 e. The lowest BCUT2D eigenvalue weighted by Gasteiger charge is -2.06. The van der Waals surface area contributed by atoms with Gasteiger partial charge in [0, 0.05) is 24.9 Å². The molecule has 0 fully saturated rings. The molecule has 0 atom stereocenters. The van der Waals surface area contributed by atoms with Crippen molar-refractivity contribution in [2.24, 2.45) is 0 Å². The summed E-state index contributed by atoms with van der Waals surface area (Å²) in [7, 11) is -3.13. The van der Waals surface area contributed by atoms with Crippen LogP contribution in [0.4, 0.5) is 5.69 Å². The molecule has 17 heavy (non-hydrogen) atoms. The van der Waals surface area contributed by atoms with E-state index in [1.54, 1.807) is 31.2 Å². The Kier molecular flexibility index (Phi) is 4.69. The second-order valence-corrected chi connectivity index (χ2v) is 6.04. The minimum absolute atomic E-state index is 0.180. The molecule has 0 saturated carbocycles. The van der Waals surface area contributed by atoms with Crippen LogP contribution >= 0.6 is 0 Å². The predicted molar refractivity (Wildman–Crippen MR) is 68.0 cm³/mol. The Labute approximate surface area is 102 Å². The molecule has 0 radical (unpaired) electrons. The second-order valence-electron chi connectivity index (χ2n) is 4.03. The zero-order valence-corrected chi connectivity index (χ0v) is 10.9. The molecule has 1 aromatic rings. The van der Waals surface area contributed by atoms with E-state index in [-0.39, 0.29) is 5.78 Å². The van der Waals surface area contributed by atoms with Crippen LogP contribution in [0.25, 0.3) is 0 Å². The van der Waals surface area contributed by atoms with Crippen LogP contribution in [0.1, 0.15) is 19.8 Å². The number of carbonyl (C=O) groups is 1. The molecule has 0 heterocycles. The molecule has 94 valence electrons. The third-order valence-corrected chi connectivity index (χ3v) is 3.45. The first-order valence-corrected chi connectivity index (χ1v) is 7.32. The zero-order chi connectivity index (χ0) is 12.9. The van der Waals surface area contributed by atoms with Gasteiger partial charge in [0.15, 0.2) is 9.84 Å². The molecular formula is C12H17NO3S. The molecule has 4 nitrogen and oxygen atoms in total. The Morgan fingerprint density at radius 2 is 1.82 bits per heavy atom. The maximum atomic E-state index is 11.2. The van der Waals surface area contributed by atoms with Crippen molar-refractivity contribution in [1.29, 1.82) is 0 Å². The van der Waals surface area contributed by atoms with Gasteiger partial charge in [-0.3, -0.25) is 0 Å². The zero-order valence-electron chi connectivity index (χ0n) is 10.1. The standard InChI is InChI=1S/C12H17NO3S/c1-10(14)4-3-9-13-11-5-7-12(8-6-11)17(2,15)16/h5-8,13H,3-4,9H2,1-2H3. The Morgan fingerprint density at radius 1 is 1.24 bits per heavy atom. The maximum Gasteiger partial charge on any atom is 0.175 e. The van der Waals surface area contributed by atoms with Crippen molar-refractivity contribution in [3.8, 4) is 0 Å². The molecule has 0 amide bonds. The van der Waals surface area contributed by atoms with Crippen LogP contribution in [-0.2, 0) is 14.6 Å². The lowest BCUT2D eigenvalue weighted by molar-refractivity contribution is -0.117. The van der Waals surface area contributed by atoms with Gasteiger partial charge in [0.2, 0.25) is 0 Å². The number of hydrogen-bond donors (Lipinski definition) is 1. The second kappa shape index (κ2) is 5.82. The lowest BCUT2D eigenvalue weighted by Crippen LogP contribution is -2.04. The van der Waals surface area contributed by atoms with Crippen LogP contribution in [-0.4, -0.2) is 27.0 Å². The first kappa shape index (κ1) is 13.7. The molecule has 1 rings (SSSR count). The average molecular weight is 255 g/mol. The Morgan fingerprint density at radius 3 is 2.29 bits per heavy atom. The van der Waals surface area contributed by atoms with Gasteiger partial charge in [-0.25, -0.2) is 8.42 Å². The smallest absolute Gasteiger partial charge is 0.175 e. The molecule has 1 aromatic carbocycles. The Balaban J connectivity index is 2.49. The average Bonchev–Trinajstić information content (AvgIpc) is 2.23. The minimum atomic E-state index is -3.13. The van der Waals surface area contributed by atoms with E-state index in [0.29, 0.717) is 17.9 Å². The summed E-state index contributed by atoms with van der Waals surface area (Å²) in [4.78, 5) is 11.0. The van der Waals surface area contributed by atoms with E-state index >= 15 is 0 Å². The van der Waals surface area contributed by atoms with Gasteiger partial charge in [0.1, 0.15) is 5.78 Å². The molecule has 0 saturated heterocycles. The fourth-order valence-corrected chi connectivity index (χ4v) is 2.02. The Bertz CT molecular complexity index is 477. The molecule has 1 N–H and O–H groups in total. The number of carbonyl (C=O) groups excluding carboxylic acids is 1. The van der Waals surface area contributed by atoms with Crippen LogP contribution in [0, 0.1) is 0 Å². The topological polar surface area (TPSA) is 63.2 Å². The van der Waals surface area contributed by atoms with Gasteiger partial charge in [0.25, 0.3) is 0 Å². The van der Waals surface area contributed by atoms with Crippen molar-refractivity contribution in [1.82, 2.24) is 0 Å². The van der Waals surface area contributed by atoms with E-state index < -0.39 is 9.84 Å². The SMILES string of the molecule is CC(=O)CCCNc1ccc(S(C)(=O)=O)cc1. The molecule has 0 aliphatic rings. The fraction of sp³-hybridized carbons (Fsp3) is 0.417. The van der Waals surface area contributed by atoms with Gasteiger partial charge in [-0.05, 0) is 37.6 Å². The number of ketones is 1. The maximum absolute atomic E-state index is 11.2. The summed E-state index contributed by atoms with van der Waals surface area (Å²) in [6, 6.07) is 6.60. The van der Waals surface area contributed by atoms with Gasteiger partial charge in [-0.2, -0.15) is 0 Å². The van der Waals surface area contributed by atoms with Crippen molar-refractivity contribution in [2.45, 2.75) is 24.7 Å². The van der Waals surface area contributed by atoms with Gasteiger partial charge < -0.3 is 10.1 Å². The van der Waals surface area contributed by atoms with E-state index in [9.17, 15) is 13.2 Å². The highest BCUT2D eigenvalue weighted by Crippen LogP contribution is 2.13. The van der Waals surface area contributed by atoms with Crippen LogP contribution < -0.4 is 5.32 Å². The number of benzene rings is 1. The number of rotatable bonds is 6. The van der Waals surface area contributed by atoms with Crippen LogP contribution in [0.15, 0.2) is 29.2 Å². The largest absolute Gasteiger partial charge is 0.385 e. The number of anilines is 1. The molecule has 0 aliphatic carbocycles. The van der Waals surface area contributed by atoms with Crippen molar-refractivity contribution >= 4 is 21.3 Å². The summed E-state index contributed by atoms with van der Waals surface area (Å²) in [6.45, 7) is 2.28. The Hall–Kier alpha value is -1.36. The molecule has 0 unspecified atom stereocenters. The van der Waals surface area contributed by atoms with Gasteiger partial charge in [-0.15, -0.1) is 0 Å². The van der Waals surface area contributed by atoms with Crippen molar-refractivity contribution in [2.75, 3.05) is 18.1 Å². The van der Waals surface area contributed by atoms with Crippen LogP contribution in [0.3, 0.4) is 0 Å². The van der Waals surface area contributed by atoms with Gasteiger partial charge in [-0.1, -0.05) is 0 Å². The molecule has 0 spiro atoms. The molecule has 5 heteroatoms. The highest BCUT2D eigenvalue weighted by molar-refractivity contribution is 7.90. The van der Waals surface area contributed by atoms with E-state index in [2.05, 4.69) is 5.32 Å². The third-order valence-electron chi connectivity index (χ3n) is 2.32. The first-order chi connectivity index (χ1) is 7.89. The quantitative estimate of drug-likeness (QED) is 0.788. The van der Waals surface area contributed by atoms with Crippen molar-refractivity contribution < 1.29 is 13.2 Å². The van der Waals surface area contributed by atoms with E-state index in [1.165, 1.54) is 6.26 Å². The third kappa shape index (κ3) is 4.99. The van der Waals surface area contributed by atoms with E-state index in [4.69, 9.17) is 0 Å². The van der Waals surface area contributed by atoms with Crippen LogP contribution in [0.5, 0.6) is 0 Å². The lowest BCUT2D eigenvalue weighted by atomic mass is 10.2.